The molecule has 7 heteroatoms. The number of carbonyl (C=O) groups excluding carboxylic acids is 1. The third kappa shape index (κ3) is 4.75. The van der Waals surface area contributed by atoms with Gasteiger partial charge in [-0.1, -0.05) is 30.3 Å². The van der Waals surface area contributed by atoms with Gasteiger partial charge in [0.05, 0.1) is 12.3 Å². The van der Waals surface area contributed by atoms with Crippen LogP contribution in [0.15, 0.2) is 42.7 Å². The molecule has 0 unspecified atom stereocenters. The van der Waals surface area contributed by atoms with Gasteiger partial charge in [-0.2, -0.15) is 5.10 Å². The van der Waals surface area contributed by atoms with Crippen LogP contribution in [0.3, 0.4) is 0 Å². The van der Waals surface area contributed by atoms with Crippen LogP contribution in [0, 0.1) is 6.92 Å². The van der Waals surface area contributed by atoms with E-state index in [0.29, 0.717) is 24.5 Å². The van der Waals surface area contributed by atoms with Gasteiger partial charge in [-0.3, -0.25) is 0 Å². The highest BCUT2D eigenvalue weighted by Gasteiger charge is 2.15. The van der Waals surface area contributed by atoms with Crippen molar-refractivity contribution in [3.8, 4) is 11.4 Å². The predicted molar refractivity (Wildman–Crippen MR) is 101 cm³/mol. The fourth-order valence-electron chi connectivity index (χ4n) is 2.81. The lowest BCUT2D eigenvalue weighted by Gasteiger charge is -2.08. The van der Waals surface area contributed by atoms with Crippen LogP contribution in [-0.4, -0.2) is 37.3 Å². The summed E-state index contributed by atoms with van der Waals surface area (Å²) in [5.41, 5.74) is 1.85. The molecule has 1 aromatic carbocycles. The van der Waals surface area contributed by atoms with E-state index in [1.54, 1.807) is 13.8 Å². The minimum atomic E-state index is -0.447. The molecule has 0 saturated carbocycles. The Kier molecular flexibility index (Phi) is 6.25. The Hall–Kier alpha value is -3.09. The van der Waals surface area contributed by atoms with Crippen LogP contribution in [0.5, 0.6) is 0 Å². The van der Waals surface area contributed by atoms with Crippen LogP contribution in [0.4, 0.5) is 0 Å². The molecule has 27 heavy (non-hydrogen) atoms. The maximum atomic E-state index is 11.9. The Morgan fingerprint density at radius 3 is 2.74 bits per heavy atom. The summed E-state index contributed by atoms with van der Waals surface area (Å²) in [5, 5.41) is 8.13. The van der Waals surface area contributed by atoms with E-state index in [1.807, 2.05) is 30.6 Å². The van der Waals surface area contributed by atoms with Crippen molar-refractivity contribution in [1.29, 1.82) is 0 Å². The monoisotopic (exact) mass is 365 g/mol. The molecule has 2 aromatic heterocycles. The number of rotatable bonds is 8. The van der Waals surface area contributed by atoms with Crippen LogP contribution in [0.1, 0.15) is 41.8 Å². The molecule has 0 N–H and O–H groups in total. The number of ether oxygens (including phenoxy) is 1. The van der Waals surface area contributed by atoms with Crippen LogP contribution >= 0.6 is 0 Å². The number of aromatic nitrogens is 5. The summed E-state index contributed by atoms with van der Waals surface area (Å²) in [6.07, 6.45) is 6.31. The lowest BCUT2D eigenvalue weighted by molar-refractivity contribution is 0.0517. The zero-order valence-electron chi connectivity index (χ0n) is 15.6. The van der Waals surface area contributed by atoms with Crippen molar-refractivity contribution in [2.24, 2.45) is 0 Å². The molecule has 0 radical (unpaired) electrons. The third-order valence-corrected chi connectivity index (χ3v) is 4.16. The molecule has 0 aliphatic rings. The van der Waals surface area contributed by atoms with Crippen LogP contribution in [0.25, 0.3) is 11.4 Å². The minimum absolute atomic E-state index is 0.253. The standard InChI is InChI=1S/C20H23N5O2/c1-3-27-20(26)18-15(2)23-24-17(22-18)11-7-8-13-25-14-12-21-19(25)16-9-5-4-6-10-16/h4-6,9-10,12,14H,3,7-8,11,13H2,1-2H3. The molecule has 3 rings (SSSR count). The SMILES string of the molecule is CCOC(=O)c1nc(CCCCn2ccnc2-c2ccccc2)nnc1C. The largest absolute Gasteiger partial charge is 0.461 e. The molecule has 0 bridgehead atoms. The fourth-order valence-corrected chi connectivity index (χ4v) is 2.81. The zero-order valence-corrected chi connectivity index (χ0v) is 15.6. The highest BCUT2D eigenvalue weighted by atomic mass is 16.5. The highest BCUT2D eigenvalue weighted by Crippen LogP contribution is 2.17. The van der Waals surface area contributed by atoms with Gasteiger partial charge in [-0.25, -0.2) is 14.8 Å². The number of hydrogen-bond donors (Lipinski definition) is 0. The molecule has 7 nitrogen and oxygen atoms in total. The Morgan fingerprint density at radius 2 is 1.96 bits per heavy atom. The van der Waals surface area contributed by atoms with Gasteiger partial charge >= 0.3 is 5.97 Å². The van der Waals surface area contributed by atoms with Crippen LogP contribution in [0.2, 0.25) is 0 Å². The molecule has 0 aliphatic heterocycles. The Balaban J connectivity index is 1.57. The van der Waals surface area contributed by atoms with Crippen molar-refractivity contribution < 1.29 is 9.53 Å². The number of unbranched alkanes of at least 4 members (excludes halogenated alkanes) is 1. The highest BCUT2D eigenvalue weighted by molar-refractivity contribution is 5.88. The van der Waals surface area contributed by atoms with Crippen molar-refractivity contribution >= 4 is 5.97 Å². The van der Waals surface area contributed by atoms with Gasteiger partial charge in [-0.15, -0.1) is 5.10 Å². The summed E-state index contributed by atoms with van der Waals surface area (Å²) >= 11 is 0. The average Bonchev–Trinajstić information content (AvgIpc) is 3.16. The summed E-state index contributed by atoms with van der Waals surface area (Å²) in [6.45, 7) is 4.64. The number of hydrogen-bond acceptors (Lipinski definition) is 6. The number of nitrogens with zero attached hydrogens (tertiary/aromatic N) is 5. The van der Waals surface area contributed by atoms with Crippen molar-refractivity contribution in [2.45, 2.75) is 39.7 Å². The molecule has 0 spiro atoms. The summed E-state index contributed by atoms with van der Waals surface area (Å²) in [5.74, 6) is 1.09. The van der Waals surface area contributed by atoms with Crippen molar-refractivity contribution in [1.82, 2.24) is 24.7 Å². The van der Waals surface area contributed by atoms with E-state index in [4.69, 9.17) is 4.74 Å². The van der Waals surface area contributed by atoms with E-state index in [-0.39, 0.29) is 5.69 Å². The van der Waals surface area contributed by atoms with Crippen molar-refractivity contribution in [2.75, 3.05) is 6.61 Å². The van der Waals surface area contributed by atoms with Gasteiger partial charge in [0.25, 0.3) is 0 Å². The number of imidazole rings is 1. The molecule has 140 valence electrons. The molecule has 2 heterocycles. The predicted octanol–water partition coefficient (Wildman–Crippen LogP) is 3.24. The number of aryl methyl sites for hydroxylation is 3. The quantitative estimate of drug-likeness (QED) is 0.450. The fraction of sp³-hybridized carbons (Fsp3) is 0.350. The van der Waals surface area contributed by atoms with Gasteiger partial charge in [0.2, 0.25) is 0 Å². The van der Waals surface area contributed by atoms with Crippen molar-refractivity contribution in [3.63, 3.8) is 0 Å². The smallest absolute Gasteiger partial charge is 0.358 e. The lowest BCUT2D eigenvalue weighted by Crippen LogP contribution is -2.14. The van der Waals surface area contributed by atoms with E-state index in [0.717, 1.165) is 30.8 Å². The maximum Gasteiger partial charge on any atom is 0.358 e. The maximum absolute atomic E-state index is 11.9. The summed E-state index contributed by atoms with van der Waals surface area (Å²) in [6, 6.07) is 10.1. The molecule has 3 aromatic rings. The molecule has 0 saturated heterocycles. The van der Waals surface area contributed by atoms with Crippen LogP contribution < -0.4 is 0 Å². The molecule has 0 amide bonds. The number of benzene rings is 1. The van der Waals surface area contributed by atoms with Gasteiger partial charge in [0.1, 0.15) is 5.82 Å². The first kappa shape index (κ1) is 18.7. The minimum Gasteiger partial charge on any atom is -0.461 e. The van der Waals surface area contributed by atoms with Crippen LogP contribution in [-0.2, 0) is 17.7 Å². The molecule has 0 fully saturated rings. The van der Waals surface area contributed by atoms with E-state index >= 15 is 0 Å². The van der Waals surface area contributed by atoms with E-state index in [9.17, 15) is 4.79 Å². The second-order valence-electron chi connectivity index (χ2n) is 6.15. The summed E-state index contributed by atoms with van der Waals surface area (Å²) in [4.78, 5) is 20.7. The molecular weight excluding hydrogens is 342 g/mol. The Bertz CT molecular complexity index is 892. The topological polar surface area (TPSA) is 82.8 Å². The van der Waals surface area contributed by atoms with Gasteiger partial charge in [0.15, 0.2) is 11.5 Å². The lowest BCUT2D eigenvalue weighted by atomic mass is 10.2. The third-order valence-electron chi connectivity index (χ3n) is 4.16. The second-order valence-corrected chi connectivity index (χ2v) is 6.15. The first-order chi connectivity index (χ1) is 13.2. The summed E-state index contributed by atoms with van der Waals surface area (Å²) < 4.78 is 7.16. The first-order valence-corrected chi connectivity index (χ1v) is 9.13. The van der Waals surface area contributed by atoms with E-state index in [2.05, 4.69) is 36.9 Å². The molecule has 0 aliphatic carbocycles. The first-order valence-electron chi connectivity index (χ1n) is 9.13. The van der Waals surface area contributed by atoms with Gasteiger partial charge in [0, 0.05) is 30.9 Å². The van der Waals surface area contributed by atoms with Gasteiger partial charge < -0.3 is 9.30 Å². The summed E-state index contributed by atoms with van der Waals surface area (Å²) in [7, 11) is 0. The van der Waals surface area contributed by atoms with Crippen molar-refractivity contribution in [3.05, 3.63) is 59.9 Å². The molecule has 0 atom stereocenters. The number of carbonyl (C=O) groups is 1. The average molecular weight is 365 g/mol. The molecular formula is C20H23N5O2. The normalized spacial score (nSPS) is 10.7. The Morgan fingerprint density at radius 1 is 1.15 bits per heavy atom. The van der Waals surface area contributed by atoms with Gasteiger partial charge in [-0.05, 0) is 26.7 Å². The second kappa shape index (κ2) is 9.02. The Labute approximate surface area is 158 Å². The van der Waals surface area contributed by atoms with E-state index in [1.165, 1.54) is 0 Å². The van der Waals surface area contributed by atoms with E-state index < -0.39 is 5.97 Å². The number of esters is 1. The zero-order chi connectivity index (χ0) is 19.1.